The topological polar surface area (TPSA) is 50.3 Å². The number of likely N-dealkylation sites (N-methyl/N-ethyl adjacent to an activating group) is 1. The van der Waals surface area contributed by atoms with Gasteiger partial charge in [-0.3, -0.25) is 0 Å². The first-order chi connectivity index (χ1) is 13.6. The summed E-state index contributed by atoms with van der Waals surface area (Å²) in [6.45, 7) is 1.72. The van der Waals surface area contributed by atoms with Crippen molar-refractivity contribution in [2.75, 3.05) is 32.5 Å². The number of aromatic nitrogens is 2. The number of hydrogen-bond donors (Lipinski definition) is 1. The molecule has 0 atom stereocenters. The maximum atomic E-state index is 6.07. The Kier molecular flexibility index (Phi) is 5.28. The first-order valence-electron chi connectivity index (χ1n) is 9.11. The van der Waals surface area contributed by atoms with Gasteiger partial charge in [-0.2, -0.15) is 0 Å². The molecule has 0 aliphatic rings. The largest absolute Gasteiger partial charge is 0.457 e. The van der Waals surface area contributed by atoms with Crippen molar-refractivity contribution in [2.24, 2.45) is 0 Å². The molecule has 6 heteroatoms. The molecule has 0 spiro atoms. The average molecular weight is 393 g/mol. The molecule has 0 aliphatic heterocycles. The highest BCUT2D eigenvalue weighted by Gasteiger charge is 2.11. The Labute approximate surface area is 168 Å². The Balaban J connectivity index is 1.76. The average Bonchev–Trinajstić information content (AvgIpc) is 2.68. The van der Waals surface area contributed by atoms with E-state index in [1.165, 1.54) is 0 Å². The molecule has 0 aliphatic carbocycles. The number of nitrogens with zero attached hydrogens (tertiary/aromatic N) is 3. The fraction of sp³-hybridized carbons (Fsp3) is 0.182. The maximum absolute atomic E-state index is 6.07. The molecule has 0 saturated heterocycles. The van der Waals surface area contributed by atoms with Crippen molar-refractivity contribution < 1.29 is 4.74 Å². The normalized spacial score (nSPS) is 11.3. The molecule has 2 heterocycles. The minimum Gasteiger partial charge on any atom is -0.457 e. The van der Waals surface area contributed by atoms with E-state index >= 15 is 0 Å². The van der Waals surface area contributed by atoms with E-state index in [4.69, 9.17) is 21.3 Å². The Morgan fingerprint density at radius 1 is 0.964 bits per heavy atom. The van der Waals surface area contributed by atoms with E-state index in [1.807, 2.05) is 48.5 Å². The molecule has 0 bridgehead atoms. The van der Waals surface area contributed by atoms with E-state index in [9.17, 15) is 0 Å². The molecule has 0 amide bonds. The number of halogens is 1. The number of pyridine rings is 2. The highest BCUT2D eigenvalue weighted by atomic mass is 35.5. The van der Waals surface area contributed by atoms with Gasteiger partial charge in [0.15, 0.2) is 5.65 Å². The van der Waals surface area contributed by atoms with E-state index in [-0.39, 0.29) is 0 Å². The summed E-state index contributed by atoms with van der Waals surface area (Å²) < 4.78 is 6.02. The van der Waals surface area contributed by atoms with Crippen LogP contribution in [0.2, 0.25) is 5.02 Å². The maximum Gasteiger partial charge on any atom is 0.162 e. The number of hydrogen-bond acceptors (Lipinski definition) is 5. The summed E-state index contributed by atoms with van der Waals surface area (Å²) in [5.74, 6) is 2.27. The molecule has 4 aromatic rings. The van der Waals surface area contributed by atoms with Crippen LogP contribution in [0.15, 0.2) is 60.8 Å². The molecule has 28 heavy (non-hydrogen) atoms. The third kappa shape index (κ3) is 4.01. The van der Waals surface area contributed by atoms with Crippen LogP contribution in [0.1, 0.15) is 0 Å². The lowest BCUT2D eigenvalue weighted by molar-refractivity contribution is 0.425. The Bertz CT molecular complexity index is 1130. The zero-order valence-electron chi connectivity index (χ0n) is 15.8. The molecule has 0 saturated carbocycles. The van der Waals surface area contributed by atoms with Crippen molar-refractivity contribution in [1.82, 2.24) is 14.9 Å². The zero-order valence-corrected chi connectivity index (χ0v) is 16.6. The van der Waals surface area contributed by atoms with Gasteiger partial charge in [0.1, 0.15) is 17.3 Å². The van der Waals surface area contributed by atoms with Crippen LogP contribution in [-0.2, 0) is 0 Å². The van der Waals surface area contributed by atoms with Gasteiger partial charge in [-0.05, 0) is 62.6 Å². The van der Waals surface area contributed by atoms with Crippen molar-refractivity contribution >= 4 is 39.2 Å². The van der Waals surface area contributed by atoms with Crippen LogP contribution in [-0.4, -0.2) is 42.1 Å². The van der Waals surface area contributed by atoms with Crippen LogP contribution in [0.5, 0.6) is 11.5 Å². The fourth-order valence-corrected chi connectivity index (χ4v) is 3.26. The van der Waals surface area contributed by atoms with Crippen LogP contribution >= 0.6 is 11.6 Å². The number of fused-ring (bicyclic) bond motifs is 3. The molecule has 142 valence electrons. The summed E-state index contributed by atoms with van der Waals surface area (Å²) in [5.41, 5.74) is 0.710. The van der Waals surface area contributed by atoms with Crippen LogP contribution in [0.25, 0.3) is 21.8 Å². The highest BCUT2D eigenvalue weighted by molar-refractivity contribution is 6.30. The molecule has 4 rings (SSSR count). The van der Waals surface area contributed by atoms with Gasteiger partial charge in [0.2, 0.25) is 0 Å². The smallest absolute Gasteiger partial charge is 0.162 e. The summed E-state index contributed by atoms with van der Waals surface area (Å²) in [6, 6.07) is 17.3. The summed E-state index contributed by atoms with van der Waals surface area (Å²) >= 11 is 6.07. The van der Waals surface area contributed by atoms with Gasteiger partial charge in [0.05, 0.1) is 0 Å². The SMILES string of the molecule is CN(C)CCNc1nc2ncccc2c2cc(Oc3cccc(Cl)c3)ccc12. The molecule has 0 unspecified atom stereocenters. The van der Waals surface area contributed by atoms with Gasteiger partial charge in [0, 0.05) is 40.5 Å². The van der Waals surface area contributed by atoms with Crippen molar-refractivity contribution in [3.63, 3.8) is 0 Å². The summed E-state index contributed by atoms with van der Waals surface area (Å²) in [7, 11) is 4.10. The molecular formula is C22H21ClN4O. The van der Waals surface area contributed by atoms with Gasteiger partial charge < -0.3 is 15.0 Å². The molecule has 0 fully saturated rings. The summed E-state index contributed by atoms with van der Waals surface area (Å²) in [6.07, 6.45) is 1.76. The quantitative estimate of drug-likeness (QED) is 0.457. The second-order valence-electron chi connectivity index (χ2n) is 6.83. The Morgan fingerprint density at radius 3 is 2.64 bits per heavy atom. The fourth-order valence-electron chi connectivity index (χ4n) is 3.08. The van der Waals surface area contributed by atoms with E-state index in [1.54, 1.807) is 12.3 Å². The Hall–Kier alpha value is -2.89. The van der Waals surface area contributed by atoms with Crippen molar-refractivity contribution in [1.29, 1.82) is 0 Å². The van der Waals surface area contributed by atoms with Gasteiger partial charge in [0.25, 0.3) is 0 Å². The monoisotopic (exact) mass is 392 g/mol. The highest BCUT2D eigenvalue weighted by Crippen LogP contribution is 2.33. The molecule has 2 aromatic heterocycles. The van der Waals surface area contributed by atoms with Crippen LogP contribution < -0.4 is 10.1 Å². The predicted octanol–water partition coefficient (Wildman–Crippen LogP) is 5.20. The van der Waals surface area contributed by atoms with Crippen LogP contribution in [0, 0.1) is 0 Å². The molecular weight excluding hydrogens is 372 g/mol. The van der Waals surface area contributed by atoms with E-state index in [2.05, 4.69) is 29.3 Å². The lowest BCUT2D eigenvalue weighted by atomic mass is 10.1. The number of benzene rings is 2. The van der Waals surface area contributed by atoms with Crippen molar-refractivity contribution in [3.05, 3.63) is 65.8 Å². The third-order valence-electron chi connectivity index (χ3n) is 4.42. The van der Waals surface area contributed by atoms with Crippen molar-refractivity contribution in [3.8, 4) is 11.5 Å². The lowest BCUT2D eigenvalue weighted by Crippen LogP contribution is -2.21. The number of rotatable bonds is 6. The van der Waals surface area contributed by atoms with Gasteiger partial charge in [-0.25, -0.2) is 9.97 Å². The number of nitrogens with one attached hydrogen (secondary N) is 1. The molecule has 2 aromatic carbocycles. The first kappa shape index (κ1) is 18.5. The van der Waals surface area contributed by atoms with Gasteiger partial charge >= 0.3 is 0 Å². The van der Waals surface area contributed by atoms with Crippen LogP contribution in [0.4, 0.5) is 5.82 Å². The van der Waals surface area contributed by atoms with Gasteiger partial charge in [-0.1, -0.05) is 17.7 Å². The van der Waals surface area contributed by atoms with E-state index in [0.29, 0.717) is 16.4 Å². The van der Waals surface area contributed by atoms with Gasteiger partial charge in [-0.15, -0.1) is 0 Å². The predicted molar refractivity (Wildman–Crippen MR) is 116 cm³/mol. The number of anilines is 1. The first-order valence-corrected chi connectivity index (χ1v) is 9.48. The second-order valence-corrected chi connectivity index (χ2v) is 7.27. The second kappa shape index (κ2) is 8.00. The standard InChI is InChI=1S/C22H21ClN4O/c1-27(2)12-11-25-22-19-9-8-17(28-16-6-3-5-15(23)13-16)14-20(19)18-7-4-10-24-21(18)26-22/h3-10,13-14H,11-12H2,1-2H3,(H,24,25,26). The zero-order chi connectivity index (χ0) is 19.5. The van der Waals surface area contributed by atoms with E-state index in [0.717, 1.165) is 40.8 Å². The lowest BCUT2D eigenvalue weighted by Gasteiger charge is -2.14. The molecule has 0 radical (unpaired) electrons. The molecule has 5 nitrogen and oxygen atoms in total. The summed E-state index contributed by atoms with van der Waals surface area (Å²) in [5, 5.41) is 7.16. The minimum atomic E-state index is 0.643. The van der Waals surface area contributed by atoms with Crippen molar-refractivity contribution in [2.45, 2.75) is 0 Å². The summed E-state index contributed by atoms with van der Waals surface area (Å²) in [4.78, 5) is 11.3. The third-order valence-corrected chi connectivity index (χ3v) is 4.66. The Morgan fingerprint density at radius 2 is 1.82 bits per heavy atom. The molecule has 1 N–H and O–H groups in total. The minimum absolute atomic E-state index is 0.643. The van der Waals surface area contributed by atoms with E-state index < -0.39 is 0 Å². The number of ether oxygens (including phenoxy) is 1. The van der Waals surface area contributed by atoms with Crippen LogP contribution in [0.3, 0.4) is 0 Å².